The lowest BCUT2D eigenvalue weighted by Crippen LogP contribution is -2.06. The van der Waals surface area contributed by atoms with E-state index in [9.17, 15) is 0 Å². The Morgan fingerprint density at radius 3 is 3.08 bits per heavy atom. The predicted octanol–water partition coefficient (Wildman–Crippen LogP) is 0.859. The van der Waals surface area contributed by atoms with Gasteiger partial charge in [0.1, 0.15) is 0 Å². The summed E-state index contributed by atoms with van der Waals surface area (Å²) in [6, 6.07) is 5.87. The van der Waals surface area contributed by atoms with E-state index in [0.29, 0.717) is 0 Å². The zero-order valence-electron chi connectivity index (χ0n) is 6.78. The van der Waals surface area contributed by atoms with Crippen LogP contribution in [0.15, 0.2) is 24.4 Å². The van der Waals surface area contributed by atoms with E-state index in [-0.39, 0.29) is 0 Å². The van der Waals surface area contributed by atoms with Gasteiger partial charge in [-0.3, -0.25) is 10.5 Å². The molecule has 4 heteroatoms. The Kier molecular flexibility index (Phi) is 1.48. The third kappa shape index (κ3) is 0.853. The maximum absolute atomic E-state index is 5.34. The van der Waals surface area contributed by atoms with Gasteiger partial charge in [0.15, 0.2) is 0 Å². The van der Waals surface area contributed by atoms with Crippen molar-refractivity contribution in [2.24, 2.45) is 12.9 Å². The van der Waals surface area contributed by atoms with Crippen LogP contribution in [-0.2, 0) is 7.05 Å². The van der Waals surface area contributed by atoms with Gasteiger partial charge in [0, 0.05) is 12.4 Å². The smallest absolute Gasteiger partial charge is 0.0700 e. The fourth-order valence-corrected chi connectivity index (χ4v) is 1.30. The monoisotopic (exact) mass is 162 g/mol. The lowest BCUT2D eigenvalue weighted by Gasteiger charge is -2.00. The number of hydrazine groups is 1. The predicted molar refractivity (Wildman–Crippen MR) is 48.5 cm³/mol. The van der Waals surface area contributed by atoms with E-state index in [1.54, 1.807) is 6.20 Å². The molecule has 0 spiro atoms. The molecule has 0 fully saturated rings. The van der Waals surface area contributed by atoms with Gasteiger partial charge in [-0.25, -0.2) is 0 Å². The van der Waals surface area contributed by atoms with Gasteiger partial charge in [0.2, 0.25) is 0 Å². The number of rotatable bonds is 1. The molecule has 62 valence electrons. The molecule has 12 heavy (non-hydrogen) atoms. The lowest BCUT2D eigenvalue weighted by molar-refractivity contribution is 0.797. The Balaban J connectivity index is 2.81. The molecule has 0 radical (unpaired) electrons. The first kappa shape index (κ1) is 7.12. The van der Waals surface area contributed by atoms with Crippen molar-refractivity contribution < 1.29 is 0 Å². The minimum atomic E-state index is 0.903. The van der Waals surface area contributed by atoms with E-state index in [4.69, 9.17) is 5.84 Å². The lowest BCUT2D eigenvalue weighted by atomic mass is 10.2. The van der Waals surface area contributed by atoms with Crippen molar-refractivity contribution in [2.75, 3.05) is 5.43 Å². The van der Waals surface area contributed by atoms with E-state index in [0.717, 1.165) is 16.6 Å². The fourth-order valence-electron chi connectivity index (χ4n) is 1.30. The summed E-state index contributed by atoms with van der Waals surface area (Å²) in [5.41, 5.74) is 4.61. The molecule has 0 unspecified atom stereocenters. The molecular formula is C8H10N4. The number of benzene rings is 1. The highest BCUT2D eigenvalue weighted by atomic mass is 15.3. The summed E-state index contributed by atoms with van der Waals surface area (Å²) in [4.78, 5) is 0. The van der Waals surface area contributed by atoms with Crippen molar-refractivity contribution in [3.8, 4) is 0 Å². The molecular weight excluding hydrogens is 152 g/mol. The van der Waals surface area contributed by atoms with Crippen molar-refractivity contribution in [3.05, 3.63) is 24.4 Å². The third-order valence-corrected chi connectivity index (χ3v) is 1.95. The maximum Gasteiger partial charge on any atom is 0.0700 e. The number of anilines is 1. The quantitative estimate of drug-likeness (QED) is 0.483. The van der Waals surface area contributed by atoms with Gasteiger partial charge in [-0.15, -0.1) is 0 Å². The summed E-state index contributed by atoms with van der Waals surface area (Å²) in [7, 11) is 1.91. The second kappa shape index (κ2) is 2.49. The van der Waals surface area contributed by atoms with Gasteiger partial charge in [-0.1, -0.05) is 6.07 Å². The van der Waals surface area contributed by atoms with Gasteiger partial charge >= 0.3 is 0 Å². The first-order valence-electron chi connectivity index (χ1n) is 3.70. The van der Waals surface area contributed by atoms with E-state index in [2.05, 4.69) is 10.5 Å². The molecule has 0 aliphatic carbocycles. The number of hydrogen-bond acceptors (Lipinski definition) is 3. The summed E-state index contributed by atoms with van der Waals surface area (Å²) < 4.78 is 1.82. The molecule has 0 aliphatic rings. The molecule has 1 heterocycles. The summed E-state index contributed by atoms with van der Waals surface area (Å²) in [5, 5.41) is 5.17. The zero-order valence-corrected chi connectivity index (χ0v) is 6.78. The molecule has 0 saturated heterocycles. The minimum absolute atomic E-state index is 0.903. The van der Waals surface area contributed by atoms with Gasteiger partial charge in [0.25, 0.3) is 0 Å². The van der Waals surface area contributed by atoms with Crippen LogP contribution >= 0.6 is 0 Å². The molecule has 0 aliphatic heterocycles. The SMILES string of the molecule is Cn1ncc2c(NN)cccc21. The topological polar surface area (TPSA) is 55.9 Å². The molecule has 2 aromatic rings. The van der Waals surface area contributed by atoms with Crippen LogP contribution in [0.3, 0.4) is 0 Å². The molecule has 3 N–H and O–H groups in total. The average molecular weight is 162 g/mol. The van der Waals surface area contributed by atoms with Crippen molar-refractivity contribution in [1.82, 2.24) is 9.78 Å². The average Bonchev–Trinajstić information content (AvgIpc) is 2.48. The van der Waals surface area contributed by atoms with Gasteiger partial charge in [-0.2, -0.15) is 5.10 Å². The van der Waals surface area contributed by atoms with Crippen LogP contribution in [0.1, 0.15) is 0 Å². The summed E-state index contributed by atoms with van der Waals surface area (Å²) >= 11 is 0. The normalized spacial score (nSPS) is 10.5. The van der Waals surface area contributed by atoms with Gasteiger partial charge in [0.05, 0.1) is 17.4 Å². The molecule has 0 amide bonds. The molecule has 1 aromatic carbocycles. The molecule has 0 bridgehead atoms. The van der Waals surface area contributed by atoms with E-state index in [1.165, 1.54) is 0 Å². The number of nitrogen functional groups attached to an aromatic ring is 1. The van der Waals surface area contributed by atoms with Gasteiger partial charge in [-0.05, 0) is 12.1 Å². The van der Waals surface area contributed by atoms with Crippen LogP contribution < -0.4 is 11.3 Å². The number of aromatic nitrogens is 2. The summed E-state index contributed by atoms with van der Waals surface area (Å²) in [6.45, 7) is 0. The largest absolute Gasteiger partial charge is 0.323 e. The Labute approximate surface area is 69.9 Å². The Morgan fingerprint density at radius 1 is 1.50 bits per heavy atom. The number of nitrogens with zero attached hydrogens (tertiary/aromatic N) is 2. The van der Waals surface area contributed by atoms with Gasteiger partial charge < -0.3 is 5.43 Å². The molecule has 1 aromatic heterocycles. The van der Waals surface area contributed by atoms with Crippen LogP contribution in [0.25, 0.3) is 10.9 Å². The molecule has 0 saturated carbocycles. The molecule has 0 atom stereocenters. The van der Waals surface area contributed by atoms with Crippen LogP contribution in [0.5, 0.6) is 0 Å². The Bertz CT molecular complexity index is 404. The number of nitrogens with two attached hydrogens (primary N) is 1. The molecule has 4 nitrogen and oxygen atoms in total. The highest BCUT2D eigenvalue weighted by Gasteiger charge is 2.01. The summed E-state index contributed by atoms with van der Waals surface area (Å²) in [5.74, 6) is 5.34. The number of nitrogens with one attached hydrogen (secondary N) is 1. The second-order valence-corrected chi connectivity index (χ2v) is 2.65. The number of hydrogen-bond donors (Lipinski definition) is 2. The maximum atomic E-state index is 5.34. The highest BCUT2D eigenvalue weighted by Crippen LogP contribution is 2.20. The van der Waals surface area contributed by atoms with E-state index in [1.807, 2.05) is 29.9 Å². The Hall–Kier alpha value is -1.55. The van der Waals surface area contributed by atoms with E-state index < -0.39 is 0 Å². The van der Waals surface area contributed by atoms with Crippen LogP contribution in [0.4, 0.5) is 5.69 Å². The number of aryl methyl sites for hydroxylation is 1. The van der Waals surface area contributed by atoms with Crippen LogP contribution in [0, 0.1) is 0 Å². The van der Waals surface area contributed by atoms with Crippen molar-refractivity contribution in [2.45, 2.75) is 0 Å². The first-order chi connectivity index (χ1) is 5.83. The Morgan fingerprint density at radius 2 is 2.33 bits per heavy atom. The number of fused-ring (bicyclic) bond motifs is 1. The van der Waals surface area contributed by atoms with Crippen molar-refractivity contribution >= 4 is 16.6 Å². The zero-order chi connectivity index (χ0) is 8.55. The van der Waals surface area contributed by atoms with Crippen molar-refractivity contribution in [1.29, 1.82) is 0 Å². The summed E-state index contributed by atoms with van der Waals surface area (Å²) in [6.07, 6.45) is 1.80. The fraction of sp³-hybridized carbons (Fsp3) is 0.125. The standard InChI is InChI=1S/C8H10N4/c1-12-8-4-2-3-7(11-9)6(8)5-10-12/h2-5,11H,9H2,1H3. The molecule has 2 rings (SSSR count). The van der Waals surface area contributed by atoms with Crippen molar-refractivity contribution in [3.63, 3.8) is 0 Å². The minimum Gasteiger partial charge on any atom is -0.323 e. The van der Waals surface area contributed by atoms with Crippen LogP contribution in [0.2, 0.25) is 0 Å². The van der Waals surface area contributed by atoms with Crippen LogP contribution in [-0.4, -0.2) is 9.78 Å². The highest BCUT2D eigenvalue weighted by molar-refractivity contribution is 5.91. The van der Waals surface area contributed by atoms with E-state index >= 15 is 0 Å². The third-order valence-electron chi connectivity index (χ3n) is 1.95. The first-order valence-corrected chi connectivity index (χ1v) is 3.70. The second-order valence-electron chi connectivity index (χ2n) is 2.65.